The molecule has 0 fully saturated rings. The number of aryl methyl sites for hydroxylation is 2. The van der Waals surface area contributed by atoms with Gasteiger partial charge in [0.1, 0.15) is 12.1 Å². The van der Waals surface area contributed by atoms with Gasteiger partial charge in [-0.3, -0.25) is 4.79 Å². The van der Waals surface area contributed by atoms with E-state index in [1.54, 1.807) is 6.92 Å². The van der Waals surface area contributed by atoms with Crippen molar-refractivity contribution < 1.29 is 18.0 Å². The molecule has 1 heterocycles. The molecule has 112 valence electrons. The molecule has 0 saturated carbocycles. The number of benzene rings is 1. The zero-order chi connectivity index (χ0) is 15.6. The number of rotatable bonds is 4. The minimum absolute atomic E-state index is 0.0278. The van der Waals surface area contributed by atoms with Gasteiger partial charge in [0.2, 0.25) is 0 Å². The molecule has 2 rings (SSSR count). The number of aromatic nitrogens is 3. The molecule has 7 heteroatoms. The maximum absolute atomic E-state index is 13.2. The van der Waals surface area contributed by atoms with E-state index in [0.29, 0.717) is 30.8 Å². The van der Waals surface area contributed by atoms with Crippen molar-refractivity contribution >= 4 is 6.29 Å². The van der Waals surface area contributed by atoms with Crippen LogP contribution in [-0.4, -0.2) is 21.1 Å². The number of nitrogens with zero attached hydrogens (tertiary/aromatic N) is 3. The minimum Gasteiger partial charge on any atom is -0.298 e. The third-order valence-electron chi connectivity index (χ3n) is 3.04. The molecule has 0 bridgehead atoms. The van der Waals surface area contributed by atoms with Crippen molar-refractivity contribution in [1.29, 1.82) is 0 Å². The lowest BCUT2D eigenvalue weighted by Gasteiger charge is -2.14. The summed E-state index contributed by atoms with van der Waals surface area (Å²) in [6.07, 6.45) is -3.19. The van der Waals surface area contributed by atoms with Crippen LogP contribution in [0.5, 0.6) is 0 Å². The Morgan fingerprint density at radius 3 is 2.48 bits per heavy atom. The van der Waals surface area contributed by atoms with Crippen LogP contribution >= 0.6 is 0 Å². The molecular formula is C14H14F3N3O. The summed E-state index contributed by atoms with van der Waals surface area (Å²) in [5.41, 5.74) is -1.04. The minimum atomic E-state index is -4.57. The van der Waals surface area contributed by atoms with E-state index in [-0.39, 0.29) is 11.3 Å². The molecule has 1 aromatic heterocycles. The van der Waals surface area contributed by atoms with E-state index < -0.39 is 11.7 Å². The Bertz CT molecular complexity index is 662. The first-order valence-electron chi connectivity index (χ1n) is 6.52. The first kappa shape index (κ1) is 15.2. The van der Waals surface area contributed by atoms with Crippen molar-refractivity contribution in [3.05, 3.63) is 41.0 Å². The molecule has 2 aromatic rings. The van der Waals surface area contributed by atoms with Gasteiger partial charge in [-0.1, -0.05) is 13.8 Å². The van der Waals surface area contributed by atoms with Crippen molar-refractivity contribution in [2.45, 2.75) is 32.9 Å². The Balaban J connectivity index is 2.68. The molecule has 21 heavy (non-hydrogen) atoms. The highest BCUT2D eigenvalue weighted by molar-refractivity contribution is 5.76. The van der Waals surface area contributed by atoms with Crippen LogP contribution in [0.25, 0.3) is 5.69 Å². The van der Waals surface area contributed by atoms with Crippen LogP contribution in [0, 0.1) is 0 Å². The highest BCUT2D eigenvalue weighted by atomic mass is 19.4. The number of aldehydes is 1. The monoisotopic (exact) mass is 297 g/mol. The molecule has 0 spiro atoms. The quantitative estimate of drug-likeness (QED) is 0.814. The van der Waals surface area contributed by atoms with Crippen LogP contribution < -0.4 is 0 Å². The smallest absolute Gasteiger partial charge is 0.298 e. The average molecular weight is 297 g/mol. The summed E-state index contributed by atoms with van der Waals surface area (Å²) in [5, 5.41) is 4.12. The van der Waals surface area contributed by atoms with Crippen molar-refractivity contribution in [2.75, 3.05) is 0 Å². The summed E-state index contributed by atoms with van der Waals surface area (Å²) in [4.78, 5) is 14.9. The standard InChI is InChI=1S/C14H14F3N3O/c1-3-12-18-13(4-2)20(19-12)11-6-5-9(8-21)7-10(11)14(15,16)17/h5-8H,3-4H2,1-2H3. The molecule has 1 aromatic carbocycles. The summed E-state index contributed by atoms with van der Waals surface area (Å²) < 4.78 is 40.8. The van der Waals surface area contributed by atoms with Crippen LogP contribution in [0.4, 0.5) is 13.2 Å². The van der Waals surface area contributed by atoms with Crippen molar-refractivity contribution in [2.24, 2.45) is 0 Å². The van der Waals surface area contributed by atoms with Crippen molar-refractivity contribution in [3.63, 3.8) is 0 Å². The summed E-state index contributed by atoms with van der Waals surface area (Å²) in [6, 6.07) is 3.42. The molecule has 0 aliphatic heterocycles. The molecule has 0 aliphatic rings. The number of hydrogen-bond acceptors (Lipinski definition) is 3. The second kappa shape index (κ2) is 5.67. The Morgan fingerprint density at radius 2 is 1.95 bits per heavy atom. The van der Waals surface area contributed by atoms with E-state index in [1.165, 1.54) is 16.8 Å². The zero-order valence-corrected chi connectivity index (χ0v) is 11.6. The van der Waals surface area contributed by atoms with Gasteiger partial charge in [-0.2, -0.15) is 18.3 Å². The van der Waals surface area contributed by atoms with Crippen LogP contribution in [0.15, 0.2) is 18.2 Å². The van der Waals surface area contributed by atoms with Gasteiger partial charge < -0.3 is 0 Å². The molecule has 0 atom stereocenters. The summed E-state index contributed by atoms with van der Waals surface area (Å²) >= 11 is 0. The lowest BCUT2D eigenvalue weighted by Crippen LogP contribution is -2.14. The van der Waals surface area contributed by atoms with E-state index in [2.05, 4.69) is 10.1 Å². The third kappa shape index (κ3) is 2.96. The fraction of sp³-hybridized carbons (Fsp3) is 0.357. The highest BCUT2D eigenvalue weighted by Crippen LogP contribution is 2.34. The highest BCUT2D eigenvalue weighted by Gasteiger charge is 2.35. The van der Waals surface area contributed by atoms with Gasteiger partial charge in [-0.25, -0.2) is 9.67 Å². The van der Waals surface area contributed by atoms with Crippen LogP contribution in [0.2, 0.25) is 0 Å². The summed E-state index contributed by atoms with van der Waals surface area (Å²) in [5.74, 6) is 0.940. The predicted molar refractivity (Wildman–Crippen MR) is 70.5 cm³/mol. The Hall–Kier alpha value is -2.18. The Labute approximate surface area is 119 Å². The van der Waals surface area contributed by atoms with Gasteiger partial charge in [0.05, 0.1) is 11.3 Å². The second-order valence-corrected chi connectivity index (χ2v) is 4.46. The Kier molecular flexibility index (Phi) is 4.11. The fourth-order valence-corrected chi connectivity index (χ4v) is 2.00. The van der Waals surface area contributed by atoms with Gasteiger partial charge >= 0.3 is 6.18 Å². The van der Waals surface area contributed by atoms with Crippen molar-refractivity contribution in [3.8, 4) is 5.69 Å². The number of carbonyl (C=O) groups is 1. The fourth-order valence-electron chi connectivity index (χ4n) is 2.00. The largest absolute Gasteiger partial charge is 0.418 e. The molecule has 0 aliphatic carbocycles. The van der Waals surface area contributed by atoms with E-state index in [4.69, 9.17) is 0 Å². The number of carbonyl (C=O) groups excluding carboxylic acids is 1. The lowest BCUT2D eigenvalue weighted by molar-refractivity contribution is -0.137. The van der Waals surface area contributed by atoms with Crippen LogP contribution in [0.1, 0.15) is 41.4 Å². The van der Waals surface area contributed by atoms with E-state index in [0.717, 1.165) is 6.07 Å². The molecule has 0 unspecified atom stereocenters. The van der Waals surface area contributed by atoms with Crippen LogP contribution in [-0.2, 0) is 19.0 Å². The molecule has 0 amide bonds. The van der Waals surface area contributed by atoms with Gasteiger partial charge in [0.25, 0.3) is 0 Å². The van der Waals surface area contributed by atoms with Gasteiger partial charge in [-0.05, 0) is 18.2 Å². The summed E-state index contributed by atoms with van der Waals surface area (Å²) in [7, 11) is 0. The molecule has 4 nitrogen and oxygen atoms in total. The maximum Gasteiger partial charge on any atom is 0.418 e. The summed E-state index contributed by atoms with van der Waals surface area (Å²) in [6.45, 7) is 3.63. The first-order chi connectivity index (χ1) is 9.90. The van der Waals surface area contributed by atoms with Gasteiger partial charge in [0.15, 0.2) is 5.82 Å². The molecule has 0 N–H and O–H groups in total. The first-order valence-corrected chi connectivity index (χ1v) is 6.52. The van der Waals surface area contributed by atoms with Gasteiger partial charge in [-0.15, -0.1) is 0 Å². The Morgan fingerprint density at radius 1 is 1.24 bits per heavy atom. The predicted octanol–water partition coefficient (Wildman–Crippen LogP) is 3.22. The molecule has 0 saturated heterocycles. The lowest BCUT2D eigenvalue weighted by atomic mass is 10.1. The number of alkyl halides is 3. The van der Waals surface area contributed by atoms with Crippen LogP contribution in [0.3, 0.4) is 0 Å². The van der Waals surface area contributed by atoms with E-state index in [9.17, 15) is 18.0 Å². The molecule has 0 radical (unpaired) electrons. The topological polar surface area (TPSA) is 47.8 Å². The third-order valence-corrected chi connectivity index (χ3v) is 3.04. The molecular weight excluding hydrogens is 283 g/mol. The second-order valence-electron chi connectivity index (χ2n) is 4.46. The van der Waals surface area contributed by atoms with Crippen molar-refractivity contribution in [1.82, 2.24) is 14.8 Å². The van der Waals surface area contributed by atoms with E-state index in [1.807, 2.05) is 6.92 Å². The van der Waals surface area contributed by atoms with E-state index >= 15 is 0 Å². The van der Waals surface area contributed by atoms with Gasteiger partial charge in [0, 0.05) is 18.4 Å². The zero-order valence-electron chi connectivity index (χ0n) is 11.6. The normalized spacial score (nSPS) is 11.7. The average Bonchev–Trinajstić information content (AvgIpc) is 2.89. The number of hydrogen-bond donors (Lipinski definition) is 0. The number of halogens is 3. The maximum atomic E-state index is 13.2. The SMILES string of the molecule is CCc1nc(CC)n(-c2ccc(C=O)cc2C(F)(F)F)n1.